The number of halogens is 3. The highest BCUT2D eigenvalue weighted by molar-refractivity contribution is 6.17. The summed E-state index contributed by atoms with van der Waals surface area (Å²) in [4.78, 5) is 0. The zero-order valence-corrected chi connectivity index (χ0v) is 11.8. The third-order valence-electron chi connectivity index (χ3n) is 3.03. The van der Waals surface area contributed by atoms with Crippen LogP contribution in [-0.4, -0.2) is 11.9 Å². The summed E-state index contributed by atoms with van der Waals surface area (Å²) in [6.07, 6.45) is 0.765. The molecule has 0 aliphatic rings. The van der Waals surface area contributed by atoms with E-state index in [0.29, 0.717) is 5.88 Å². The largest absolute Gasteiger partial charge is 0.309 e. The number of alkyl halides is 1. The molecule has 1 aromatic rings. The summed E-state index contributed by atoms with van der Waals surface area (Å²) in [5.74, 6) is -0.503. The van der Waals surface area contributed by atoms with Gasteiger partial charge in [-0.25, -0.2) is 8.78 Å². The first-order valence-electron chi connectivity index (χ1n) is 6.08. The number of rotatable bonds is 5. The molecule has 1 aromatic carbocycles. The van der Waals surface area contributed by atoms with Crippen molar-refractivity contribution in [3.05, 3.63) is 35.4 Å². The molecule has 0 aliphatic heterocycles. The summed E-state index contributed by atoms with van der Waals surface area (Å²) in [5, 5.41) is 3.19. The Morgan fingerprint density at radius 3 is 2.22 bits per heavy atom. The van der Waals surface area contributed by atoms with Crippen molar-refractivity contribution in [3.8, 4) is 0 Å². The van der Waals surface area contributed by atoms with Gasteiger partial charge >= 0.3 is 0 Å². The molecule has 4 heteroatoms. The van der Waals surface area contributed by atoms with Gasteiger partial charge in [0.05, 0.1) is 0 Å². The summed E-state index contributed by atoms with van der Waals surface area (Å²) in [6.45, 7) is 6.41. The second kappa shape index (κ2) is 6.48. The van der Waals surface area contributed by atoms with Crippen molar-refractivity contribution >= 4 is 11.6 Å². The SMILES string of the molecule is CC(C)(C)C(CCCl)NCc1c(F)cccc1F. The molecule has 1 N–H and O–H groups in total. The van der Waals surface area contributed by atoms with Crippen molar-refractivity contribution in [2.45, 2.75) is 39.8 Å². The summed E-state index contributed by atoms with van der Waals surface area (Å²) >= 11 is 5.76. The summed E-state index contributed by atoms with van der Waals surface area (Å²) in [7, 11) is 0. The van der Waals surface area contributed by atoms with Gasteiger partial charge in [-0.05, 0) is 24.0 Å². The fourth-order valence-electron chi connectivity index (χ4n) is 1.88. The van der Waals surface area contributed by atoms with Gasteiger partial charge in [0.25, 0.3) is 0 Å². The van der Waals surface area contributed by atoms with Crippen LogP contribution in [-0.2, 0) is 6.54 Å². The predicted molar refractivity (Wildman–Crippen MR) is 71.8 cm³/mol. The van der Waals surface area contributed by atoms with Crippen LogP contribution in [0.2, 0.25) is 0 Å². The third kappa shape index (κ3) is 4.21. The Morgan fingerprint density at radius 1 is 1.22 bits per heavy atom. The predicted octanol–water partition coefficient (Wildman–Crippen LogP) is 4.10. The number of hydrogen-bond acceptors (Lipinski definition) is 1. The molecule has 0 fully saturated rings. The highest BCUT2D eigenvalue weighted by atomic mass is 35.5. The highest BCUT2D eigenvalue weighted by Crippen LogP contribution is 2.23. The maximum atomic E-state index is 13.5. The molecule has 18 heavy (non-hydrogen) atoms. The Kier molecular flexibility index (Phi) is 5.54. The minimum atomic E-state index is -0.513. The number of benzene rings is 1. The normalized spacial score (nSPS) is 13.7. The van der Waals surface area contributed by atoms with Gasteiger partial charge in [-0.15, -0.1) is 11.6 Å². The van der Waals surface area contributed by atoms with Crippen molar-refractivity contribution in [2.24, 2.45) is 5.41 Å². The van der Waals surface area contributed by atoms with Gasteiger partial charge in [-0.3, -0.25) is 0 Å². The van der Waals surface area contributed by atoms with E-state index in [0.717, 1.165) is 6.42 Å². The van der Waals surface area contributed by atoms with Crippen LogP contribution in [0, 0.1) is 17.0 Å². The van der Waals surface area contributed by atoms with Gasteiger partial charge in [-0.2, -0.15) is 0 Å². The molecule has 1 atom stereocenters. The lowest BCUT2D eigenvalue weighted by Gasteiger charge is -2.31. The number of hydrogen-bond donors (Lipinski definition) is 1. The average Bonchev–Trinajstić information content (AvgIpc) is 2.25. The molecule has 0 amide bonds. The Morgan fingerprint density at radius 2 is 1.78 bits per heavy atom. The molecule has 1 nitrogen and oxygen atoms in total. The summed E-state index contributed by atoms with van der Waals surface area (Å²) < 4.78 is 27.0. The van der Waals surface area contributed by atoms with Gasteiger partial charge in [-0.1, -0.05) is 26.8 Å². The quantitative estimate of drug-likeness (QED) is 0.798. The van der Waals surface area contributed by atoms with Gasteiger partial charge in [0.2, 0.25) is 0 Å². The summed E-state index contributed by atoms with van der Waals surface area (Å²) in [5.41, 5.74) is 0.0812. The molecule has 1 unspecified atom stereocenters. The lowest BCUT2D eigenvalue weighted by atomic mass is 9.85. The zero-order chi connectivity index (χ0) is 13.8. The molecule has 1 rings (SSSR count). The van der Waals surface area contributed by atoms with E-state index in [9.17, 15) is 8.78 Å². The lowest BCUT2D eigenvalue weighted by Crippen LogP contribution is -2.40. The van der Waals surface area contributed by atoms with Gasteiger partial charge < -0.3 is 5.32 Å². The fourth-order valence-corrected chi connectivity index (χ4v) is 2.10. The first-order valence-corrected chi connectivity index (χ1v) is 6.62. The van der Waals surface area contributed by atoms with Gasteiger partial charge in [0.1, 0.15) is 11.6 Å². The second-order valence-corrected chi connectivity index (χ2v) is 5.86. The van der Waals surface area contributed by atoms with Crippen molar-refractivity contribution < 1.29 is 8.78 Å². The smallest absolute Gasteiger partial charge is 0.130 e. The fraction of sp³-hybridized carbons (Fsp3) is 0.571. The van der Waals surface area contributed by atoms with Crippen LogP contribution >= 0.6 is 11.6 Å². The molecule has 0 saturated heterocycles. The Hall–Kier alpha value is -0.670. The monoisotopic (exact) mass is 275 g/mol. The molecule has 0 bridgehead atoms. The van der Waals surface area contributed by atoms with E-state index in [-0.39, 0.29) is 23.6 Å². The Balaban J connectivity index is 2.73. The van der Waals surface area contributed by atoms with E-state index in [2.05, 4.69) is 26.1 Å². The van der Waals surface area contributed by atoms with Crippen LogP contribution in [0.5, 0.6) is 0 Å². The topological polar surface area (TPSA) is 12.0 Å². The minimum absolute atomic E-state index is 0.00335. The standard InChI is InChI=1S/C14H20ClF2N/c1-14(2,3)13(7-8-15)18-9-10-11(16)5-4-6-12(10)17/h4-6,13,18H,7-9H2,1-3H3. The zero-order valence-electron chi connectivity index (χ0n) is 11.1. The van der Waals surface area contributed by atoms with E-state index >= 15 is 0 Å². The van der Waals surface area contributed by atoms with Crippen molar-refractivity contribution in [3.63, 3.8) is 0 Å². The van der Waals surface area contributed by atoms with Crippen molar-refractivity contribution in [1.29, 1.82) is 0 Å². The molecule has 102 valence electrons. The van der Waals surface area contributed by atoms with Crippen LogP contribution < -0.4 is 5.32 Å². The molecule has 0 spiro atoms. The molecule has 0 aliphatic carbocycles. The van der Waals surface area contributed by atoms with Gasteiger partial charge in [0.15, 0.2) is 0 Å². The van der Waals surface area contributed by atoms with Crippen LogP contribution in [0.25, 0.3) is 0 Å². The average molecular weight is 276 g/mol. The van der Waals surface area contributed by atoms with E-state index in [1.165, 1.54) is 18.2 Å². The van der Waals surface area contributed by atoms with Crippen LogP contribution in [0.15, 0.2) is 18.2 Å². The van der Waals surface area contributed by atoms with E-state index < -0.39 is 11.6 Å². The maximum absolute atomic E-state index is 13.5. The van der Waals surface area contributed by atoms with E-state index in [4.69, 9.17) is 11.6 Å². The van der Waals surface area contributed by atoms with Crippen molar-refractivity contribution in [2.75, 3.05) is 5.88 Å². The van der Waals surface area contributed by atoms with Gasteiger partial charge in [0, 0.05) is 24.0 Å². The maximum Gasteiger partial charge on any atom is 0.130 e. The molecule has 0 aromatic heterocycles. The van der Waals surface area contributed by atoms with Crippen LogP contribution in [0.1, 0.15) is 32.8 Å². The molecule has 0 saturated carbocycles. The molecular weight excluding hydrogens is 256 g/mol. The van der Waals surface area contributed by atoms with E-state index in [1.807, 2.05) is 0 Å². The van der Waals surface area contributed by atoms with Crippen LogP contribution in [0.4, 0.5) is 8.78 Å². The van der Waals surface area contributed by atoms with E-state index in [1.54, 1.807) is 0 Å². The number of nitrogens with one attached hydrogen (secondary N) is 1. The summed E-state index contributed by atoms with van der Waals surface area (Å²) in [6, 6.07) is 4.03. The molecule has 0 radical (unpaired) electrons. The first-order chi connectivity index (χ1) is 8.36. The molecular formula is C14H20ClF2N. The first kappa shape index (κ1) is 15.4. The minimum Gasteiger partial charge on any atom is -0.309 e. The third-order valence-corrected chi connectivity index (χ3v) is 3.25. The van der Waals surface area contributed by atoms with Crippen LogP contribution in [0.3, 0.4) is 0 Å². The lowest BCUT2D eigenvalue weighted by molar-refractivity contribution is 0.258. The molecule has 0 heterocycles. The van der Waals surface area contributed by atoms with Crippen molar-refractivity contribution in [1.82, 2.24) is 5.32 Å². The highest BCUT2D eigenvalue weighted by Gasteiger charge is 2.24. The Labute approximate surface area is 113 Å². The second-order valence-electron chi connectivity index (χ2n) is 5.48. The Bertz CT molecular complexity index is 368.